The molecular formula is C12H9FN2O4S. The van der Waals surface area contributed by atoms with Gasteiger partial charge in [-0.2, -0.15) is 0 Å². The van der Waals surface area contributed by atoms with Crippen LogP contribution in [0.25, 0.3) is 0 Å². The van der Waals surface area contributed by atoms with Crippen molar-refractivity contribution < 1.29 is 17.7 Å². The molecule has 0 radical (unpaired) electrons. The minimum absolute atomic E-state index is 0.0310. The van der Waals surface area contributed by atoms with Crippen LogP contribution in [0.15, 0.2) is 53.4 Å². The number of hydrogen-bond donors (Lipinski definition) is 1. The molecule has 6 nitrogen and oxygen atoms in total. The van der Waals surface area contributed by atoms with Gasteiger partial charge in [-0.25, -0.2) is 12.8 Å². The fraction of sp³-hybridized carbons (Fsp3) is 0. The van der Waals surface area contributed by atoms with Gasteiger partial charge in [-0.3, -0.25) is 14.8 Å². The van der Waals surface area contributed by atoms with Gasteiger partial charge in [0.15, 0.2) is 0 Å². The van der Waals surface area contributed by atoms with Gasteiger partial charge in [0, 0.05) is 12.1 Å². The number of sulfonamides is 1. The highest BCUT2D eigenvalue weighted by atomic mass is 32.2. The maximum atomic E-state index is 13.0. The summed E-state index contributed by atoms with van der Waals surface area (Å²) in [5, 5.41) is 10.6. The third kappa shape index (κ3) is 3.09. The van der Waals surface area contributed by atoms with Crippen LogP contribution in [0.3, 0.4) is 0 Å². The summed E-state index contributed by atoms with van der Waals surface area (Å²) in [5.74, 6) is -0.688. The Morgan fingerprint density at radius 3 is 2.45 bits per heavy atom. The first-order valence-electron chi connectivity index (χ1n) is 5.41. The van der Waals surface area contributed by atoms with Crippen LogP contribution in [-0.2, 0) is 10.0 Å². The van der Waals surface area contributed by atoms with Crippen molar-refractivity contribution >= 4 is 21.4 Å². The molecule has 2 aromatic rings. The number of rotatable bonds is 4. The van der Waals surface area contributed by atoms with Gasteiger partial charge in [-0.05, 0) is 24.3 Å². The molecule has 0 aliphatic carbocycles. The van der Waals surface area contributed by atoms with E-state index in [9.17, 15) is 22.9 Å². The van der Waals surface area contributed by atoms with E-state index >= 15 is 0 Å². The van der Waals surface area contributed by atoms with Gasteiger partial charge in [0.2, 0.25) is 0 Å². The summed E-state index contributed by atoms with van der Waals surface area (Å²) in [6.45, 7) is 0. The summed E-state index contributed by atoms with van der Waals surface area (Å²) in [6.07, 6.45) is 0. The van der Waals surface area contributed by atoms with Gasteiger partial charge in [0.1, 0.15) is 5.82 Å². The van der Waals surface area contributed by atoms with Crippen molar-refractivity contribution in [2.45, 2.75) is 4.90 Å². The van der Waals surface area contributed by atoms with E-state index in [-0.39, 0.29) is 16.3 Å². The van der Waals surface area contributed by atoms with E-state index in [0.29, 0.717) is 0 Å². The average molecular weight is 296 g/mol. The Morgan fingerprint density at radius 1 is 1.10 bits per heavy atom. The molecule has 2 aromatic carbocycles. The Labute approximate surface area is 114 Å². The number of halogens is 1. The van der Waals surface area contributed by atoms with Crippen LogP contribution >= 0.6 is 0 Å². The van der Waals surface area contributed by atoms with E-state index in [2.05, 4.69) is 4.72 Å². The SMILES string of the molecule is O=[N+]([O-])c1cccc(NS(=O)(=O)c2cccc(F)c2)c1. The lowest BCUT2D eigenvalue weighted by Crippen LogP contribution is -2.13. The summed E-state index contributed by atoms with van der Waals surface area (Å²) in [5.41, 5.74) is -0.215. The number of nitrogens with one attached hydrogen (secondary N) is 1. The third-order valence-electron chi connectivity index (χ3n) is 2.42. The van der Waals surface area contributed by atoms with Crippen molar-refractivity contribution in [2.24, 2.45) is 0 Å². The lowest BCUT2D eigenvalue weighted by atomic mass is 10.3. The zero-order valence-corrected chi connectivity index (χ0v) is 10.8. The van der Waals surface area contributed by atoms with Gasteiger partial charge < -0.3 is 0 Å². The maximum Gasteiger partial charge on any atom is 0.271 e. The number of anilines is 1. The zero-order chi connectivity index (χ0) is 14.8. The van der Waals surface area contributed by atoms with Gasteiger partial charge in [-0.15, -0.1) is 0 Å². The Kier molecular flexibility index (Phi) is 3.66. The van der Waals surface area contributed by atoms with Crippen LogP contribution in [0.2, 0.25) is 0 Å². The van der Waals surface area contributed by atoms with Gasteiger partial charge in [0.25, 0.3) is 15.7 Å². The molecule has 0 aliphatic heterocycles. The molecule has 0 unspecified atom stereocenters. The van der Waals surface area contributed by atoms with Gasteiger partial charge in [0.05, 0.1) is 15.5 Å². The summed E-state index contributed by atoms with van der Waals surface area (Å²) < 4.78 is 39.2. The van der Waals surface area contributed by atoms with E-state index in [1.165, 1.54) is 30.3 Å². The molecule has 0 saturated carbocycles. The first-order valence-corrected chi connectivity index (χ1v) is 6.90. The third-order valence-corrected chi connectivity index (χ3v) is 3.79. The van der Waals surface area contributed by atoms with E-state index in [4.69, 9.17) is 0 Å². The average Bonchev–Trinajstić information content (AvgIpc) is 2.38. The molecule has 2 rings (SSSR count). The minimum Gasteiger partial charge on any atom is -0.279 e. The predicted molar refractivity (Wildman–Crippen MR) is 70.3 cm³/mol. The topological polar surface area (TPSA) is 89.3 Å². The molecule has 0 aliphatic rings. The standard InChI is InChI=1S/C12H9FN2O4S/c13-9-3-1-6-12(7-9)20(18,19)14-10-4-2-5-11(8-10)15(16)17/h1-8,14H. The molecule has 8 heteroatoms. The Bertz CT molecular complexity index is 762. The number of non-ortho nitro benzene ring substituents is 1. The van der Waals surface area contributed by atoms with Crippen molar-refractivity contribution in [3.8, 4) is 0 Å². The lowest BCUT2D eigenvalue weighted by molar-refractivity contribution is -0.384. The highest BCUT2D eigenvalue weighted by molar-refractivity contribution is 7.92. The highest BCUT2D eigenvalue weighted by Crippen LogP contribution is 2.21. The smallest absolute Gasteiger partial charge is 0.271 e. The highest BCUT2D eigenvalue weighted by Gasteiger charge is 2.16. The number of nitrogens with zero attached hydrogens (tertiary/aromatic N) is 1. The number of nitro benzene ring substituents is 1. The van der Waals surface area contributed by atoms with Gasteiger partial charge >= 0.3 is 0 Å². The van der Waals surface area contributed by atoms with Crippen molar-refractivity contribution in [2.75, 3.05) is 4.72 Å². The molecule has 104 valence electrons. The molecule has 0 atom stereocenters. The number of nitro groups is 1. The first kappa shape index (κ1) is 13.9. The van der Waals surface area contributed by atoms with E-state index in [1.807, 2.05) is 0 Å². The van der Waals surface area contributed by atoms with Crippen molar-refractivity contribution in [1.29, 1.82) is 0 Å². The molecule has 0 aromatic heterocycles. The van der Waals surface area contributed by atoms with Crippen molar-refractivity contribution in [1.82, 2.24) is 0 Å². The Morgan fingerprint density at radius 2 is 1.80 bits per heavy atom. The zero-order valence-electron chi connectivity index (χ0n) is 9.99. The summed E-state index contributed by atoms with van der Waals surface area (Å²) in [7, 11) is -3.99. The minimum atomic E-state index is -3.99. The fourth-order valence-corrected chi connectivity index (χ4v) is 2.61. The maximum absolute atomic E-state index is 13.0. The molecule has 0 fully saturated rings. The molecule has 20 heavy (non-hydrogen) atoms. The van der Waals surface area contributed by atoms with Gasteiger partial charge in [-0.1, -0.05) is 12.1 Å². The second-order valence-corrected chi connectivity index (χ2v) is 5.55. The summed E-state index contributed by atoms with van der Waals surface area (Å²) in [4.78, 5) is 9.71. The summed E-state index contributed by atoms with van der Waals surface area (Å²) in [6, 6.07) is 9.49. The number of benzene rings is 2. The largest absolute Gasteiger partial charge is 0.279 e. The molecule has 0 amide bonds. The second-order valence-electron chi connectivity index (χ2n) is 3.87. The van der Waals surface area contributed by atoms with Crippen LogP contribution in [0.5, 0.6) is 0 Å². The first-order chi connectivity index (χ1) is 9.38. The molecule has 1 N–H and O–H groups in total. The number of hydrogen-bond acceptors (Lipinski definition) is 4. The van der Waals surface area contributed by atoms with Crippen LogP contribution in [0.4, 0.5) is 15.8 Å². The Hall–Kier alpha value is -2.48. The molecule has 0 spiro atoms. The predicted octanol–water partition coefficient (Wildman–Crippen LogP) is 2.53. The lowest BCUT2D eigenvalue weighted by Gasteiger charge is -2.07. The van der Waals surface area contributed by atoms with Crippen LogP contribution in [0.1, 0.15) is 0 Å². The molecule has 0 heterocycles. The quantitative estimate of drug-likeness (QED) is 0.693. The van der Waals surface area contributed by atoms with Crippen molar-refractivity contribution in [3.05, 3.63) is 64.5 Å². The van der Waals surface area contributed by atoms with Crippen molar-refractivity contribution in [3.63, 3.8) is 0 Å². The van der Waals surface area contributed by atoms with Crippen LogP contribution in [-0.4, -0.2) is 13.3 Å². The monoisotopic (exact) mass is 296 g/mol. The van der Waals surface area contributed by atoms with E-state index in [0.717, 1.165) is 18.2 Å². The summed E-state index contributed by atoms with van der Waals surface area (Å²) >= 11 is 0. The molecule has 0 saturated heterocycles. The fourth-order valence-electron chi connectivity index (χ4n) is 1.53. The second kappa shape index (κ2) is 5.25. The van der Waals surface area contributed by atoms with E-state index in [1.54, 1.807) is 0 Å². The molecule has 0 bridgehead atoms. The Balaban J connectivity index is 2.33. The van der Waals surface area contributed by atoms with Crippen LogP contribution in [0, 0.1) is 15.9 Å². The molecular weight excluding hydrogens is 287 g/mol. The van der Waals surface area contributed by atoms with E-state index < -0.39 is 20.8 Å². The van der Waals surface area contributed by atoms with Crippen LogP contribution < -0.4 is 4.72 Å². The normalized spacial score (nSPS) is 11.1.